The minimum absolute atomic E-state index is 0.0735. The monoisotopic (exact) mass is 247 g/mol. The second-order valence-electron chi connectivity index (χ2n) is 4.22. The largest absolute Gasteiger partial charge is 0.365 e. The summed E-state index contributed by atoms with van der Waals surface area (Å²) in [6.45, 7) is 0.720. The lowest BCUT2D eigenvalue weighted by Crippen LogP contribution is -2.12. The number of hydrogen-bond donors (Lipinski definition) is 2. The average Bonchev–Trinajstić information content (AvgIpc) is 3.04. The molecule has 0 saturated heterocycles. The Kier molecular flexibility index (Phi) is 2.68. The van der Waals surface area contributed by atoms with Gasteiger partial charge in [0.1, 0.15) is 11.6 Å². The van der Waals surface area contributed by atoms with Crippen molar-refractivity contribution < 1.29 is 0 Å². The molecule has 1 saturated carbocycles. The Morgan fingerprint density at radius 3 is 3.12 bits per heavy atom. The summed E-state index contributed by atoms with van der Waals surface area (Å²) in [5.74, 6) is 1.96. The van der Waals surface area contributed by atoms with Crippen LogP contribution in [-0.2, 0) is 6.54 Å². The number of H-pyrrole nitrogens is 1. The lowest BCUT2D eigenvalue weighted by molar-refractivity contribution is 0.904. The number of nitrogens with zero attached hydrogens (tertiary/aromatic N) is 1. The molecule has 17 heavy (non-hydrogen) atoms. The van der Waals surface area contributed by atoms with Crippen molar-refractivity contribution in [3.05, 3.63) is 44.6 Å². The molecule has 2 aromatic heterocycles. The zero-order valence-electron chi connectivity index (χ0n) is 9.27. The van der Waals surface area contributed by atoms with Gasteiger partial charge in [-0.3, -0.25) is 4.79 Å². The predicted octanol–water partition coefficient (Wildman–Crippen LogP) is 2.32. The minimum atomic E-state index is -0.0735. The van der Waals surface area contributed by atoms with Crippen LogP contribution >= 0.6 is 11.3 Å². The number of thiophene rings is 1. The zero-order chi connectivity index (χ0) is 11.7. The van der Waals surface area contributed by atoms with Gasteiger partial charge in [-0.25, -0.2) is 4.98 Å². The zero-order valence-corrected chi connectivity index (χ0v) is 10.1. The van der Waals surface area contributed by atoms with Crippen molar-refractivity contribution >= 4 is 17.2 Å². The Bertz CT molecular complexity index is 557. The van der Waals surface area contributed by atoms with E-state index in [1.165, 1.54) is 10.9 Å². The molecule has 1 aliphatic carbocycles. The number of rotatable bonds is 4. The van der Waals surface area contributed by atoms with Crippen LogP contribution in [0.4, 0.5) is 5.82 Å². The summed E-state index contributed by atoms with van der Waals surface area (Å²) in [6, 6.07) is 5.59. The van der Waals surface area contributed by atoms with Gasteiger partial charge in [0.05, 0.1) is 6.54 Å². The van der Waals surface area contributed by atoms with Crippen molar-refractivity contribution in [2.24, 2.45) is 0 Å². The van der Waals surface area contributed by atoms with Gasteiger partial charge in [0.25, 0.3) is 5.56 Å². The van der Waals surface area contributed by atoms with Crippen LogP contribution in [0.2, 0.25) is 0 Å². The van der Waals surface area contributed by atoms with Crippen molar-refractivity contribution in [3.8, 4) is 0 Å². The van der Waals surface area contributed by atoms with Gasteiger partial charge in [-0.05, 0) is 24.3 Å². The van der Waals surface area contributed by atoms with Gasteiger partial charge >= 0.3 is 0 Å². The van der Waals surface area contributed by atoms with Crippen molar-refractivity contribution in [2.75, 3.05) is 5.32 Å². The maximum absolute atomic E-state index is 11.5. The Labute approximate surface area is 103 Å². The standard InChI is InChI=1S/C12H13N3OS/c16-11-6-10(13-7-9-2-1-5-17-9)14-12(15-11)8-3-4-8/h1-2,5-6,8H,3-4,7H2,(H2,13,14,15,16). The van der Waals surface area contributed by atoms with E-state index in [0.717, 1.165) is 25.2 Å². The summed E-state index contributed by atoms with van der Waals surface area (Å²) in [6.07, 6.45) is 2.27. The highest BCUT2D eigenvalue weighted by molar-refractivity contribution is 7.09. The third kappa shape index (κ3) is 2.55. The molecule has 0 aliphatic heterocycles. The van der Waals surface area contributed by atoms with Gasteiger partial charge in [0, 0.05) is 16.9 Å². The minimum Gasteiger partial charge on any atom is -0.365 e. The van der Waals surface area contributed by atoms with Crippen molar-refractivity contribution in [3.63, 3.8) is 0 Å². The third-order valence-electron chi connectivity index (χ3n) is 2.75. The highest BCUT2D eigenvalue weighted by atomic mass is 32.1. The van der Waals surface area contributed by atoms with E-state index in [1.54, 1.807) is 11.3 Å². The lowest BCUT2D eigenvalue weighted by Gasteiger charge is -2.05. The van der Waals surface area contributed by atoms with Crippen LogP contribution in [0.5, 0.6) is 0 Å². The van der Waals surface area contributed by atoms with Gasteiger partial charge in [-0.15, -0.1) is 11.3 Å². The number of nitrogens with one attached hydrogen (secondary N) is 2. The second kappa shape index (κ2) is 4.33. The number of anilines is 1. The van der Waals surface area contributed by atoms with E-state index in [9.17, 15) is 4.79 Å². The average molecular weight is 247 g/mol. The van der Waals surface area contributed by atoms with Gasteiger partial charge < -0.3 is 10.3 Å². The smallest absolute Gasteiger partial charge is 0.252 e. The fourth-order valence-corrected chi connectivity index (χ4v) is 2.35. The molecule has 0 bridgehead atoms. The summed E-state index contributed by atoms with van der Waals surface area (Å²) in [4.78, 5) is 19.9. The van der Waals surface area contributed by atoms with Crippen molar-refractivity contribution in [2.45, 2.75) is 25.3 Å². The topological polar surface area (TPSA) is 57.8 Å². The summed E-state index contributed by atoms with van der Waals surface area (Å²) in [5, 5.41) is 5.23. The quantitative estimate of drug-likeness (QED) is 0.871. The molecular formula is C12H13N3OS. The van der Waals surface area contributed by atoms with Crippen LogP contribution in [0.15, 0.2) is 28.4 Å². The fraction of sp³-hybridized carbons (Fsp3) is 0.333. The Morgan fingerprint density at radius 2 is 2.41 bits per heavy atom. The molecule has 5 heteroatoms. The van der Waals surface area contributed by atoms with Crippen LogP contribution < -0.4 is 10.9 Å². The van der Waals surface area contributed by atoms with Crippen LogP contribution in [0, 0.1) is 0 Å². The molecule has 0 atom stereocenters. The van der Waals surface area contributed by atoms with E-state index >= 15 is 0 Å². The Hall–Kier alpha value is -1.62. The third-order valence-corrected chi connectivity index (χ3v) is 3.62. The van der Waals surface area contributed by atoms with E-state index in [4.69, 9.17) is 0 Å². The van der Waals surface area contributed by atoms with Gasteiger partial charge in [0.2, 0.25) is 0 Å². The Morgan fingerprint density at radius 1 is 1.53 bits per heavy atom. The molecule has 0 amide bonds. The predicted molar refractivity (Wildman–Crippen MR) is 68.5 cm³/mol. The van der Waals surface area contributed by atoms with Crippen LogP contribution in [-0.4, -0.2) is 9.97 Å². The van der Waals surface area contributed by atoms with E-state index in [2.05, 4.69) is 21.4 Å². The normalized spacial score (nSPS) is 14.8. The van der Waals surface area contributed by atoms with E-state index in [0.29, 0.717) is 11.7 Å². The van der Waals surface area contributed by atoms with E-state index in [1.807, 2.05) is 11.4 Å². The van der Waals surface area contributed by atoms with Crippen molar-refractivity contribution in [1.82, 2.24) is 9.97 Å². The highest BCUT2D eigenvalue weighted by Gasteiger charge is 2.26. The first-order chi connectivity index (χ1) is 8.31. The van der Waals surface area contributed by atoms with Gasteiger partial charge in [-0.1, -0.05) is 6.07 Å². The number of aromatic amines is 1. The maximum Gasteiger partial charge on any atom is 0.252 e. The summed E-state index contributed by atoms with van der Waals surface area (Å²) in [7, 11) is 0. The lowest BCUT2D eigenvalue weighted by atomic mass is 10.4. The van der Waals surface area contributed by atoms with Gasteiger partial charge in [0.15, 0.2) is 0 Å². The SMILES string of the molecule is O=c1cc(NCc2cccs2)nc(C2CC2)[nH]1. The molecular weight excluding hydrogens is 234 g/mol. The summed E-state index contributed by atoms with van der Waals surface area (Å²) in [5.41, 5.74) is -0.0735. The molecule has 0 spiro atoms. The number of aromatic nitrogens is 2. The second-order valence-corrected chi connectivity index (χ2v) is 5.26. The molecule has 0 aromatic carbocycles. The molecule has 3 rings (SSSR count). The summed E-state index contributed by atoms with van der Waals surface area (Å²) >= 11 is 1.69. The molecule has 0 radical (unpaired) electrons. The van der Waals surface area contributed by atoms with E-state index in [-0.39, 0.29) is 5.56 Å². The highest BCUT2D eigenvalue weighted by Crippen LogP contribution is 2.37. The first-order valence-corrected chi connectivity index (χ1v) is 6.57. The van der Waals surface area contributed by atoms with Crippen LogP contribution in [0.25, 0.3) is 0 Å². The molecule has 1 aliphatic rings. The molecule has 2 aromatic rings. The first-order valence-electron chi connectivity index (χ1n) is 5.69. The molecule has 2 N–H and O–H groups in total. The van der Waals surface area contributed by atoms with Gasteiger partial charge in [-0.2, -0.15) is 0 Å². The molecule has 4 nitrogen and oxygen atoms in total. The molecule has 1 fully saturated rings. The summed E-state index contributed by atoms with van der Waals surface area (Å²) < 4.78 is 0. The molecule has 2 heterocycles. The van der Waals surface area contributed by atoms with E-state index < -0.39 is 0 Å². The maximum atomic E-state index is 11.5. The van der Waals surface area contributed by atoms with Crippen molar-refractivity contribution in [1.29, 1.82) is 0 Å². The van der Waals surface area contributed by atoms with Crippen LogP contribution in [0.1, 0.15) is 29.5 Å². The number of hydrogen-bond acceptors (Lipinski definition) is 4. The molecule has 88 valence electrons. The Balaban J connectivity index is 1.75. The first kappa shape index (κ1) is 10.5. The molecule has 0 unspecified atom stereocenters. The van der Waals surface area contributed by atoms with Crippen LogP contribution in [0.3, 0.4) is 0 Å². The fourth-order valence-electron chi connectivity index (χ4n) is 1.71.